The molecule has 2 heteroatoms. The summed E-state index contributed by atoms with van der Waals surface area (Å²) in [6, 6.07) is 7.18. The number of hydrogen-bond acceptors (Lipinski definition) is 2. The van der Waals surface area contributed by atoms with Crippen LogP contribution in [-0.4, -0.2) is 11.1 Å². The normalized spacial score (nSPS) is 11.1. The van der Waals surface area contributed by atoms with Gasteiger partial charge in [0.1, 0.15) is 0 Å². The summed E-state index contributed by atoms with van der Waals surface area (Å²) in [5.74, 6) is -0.334. The van der Waals surface area contributed by atoms with E-state index in [0.29, 0.717) is 5.56 Å². The molecular formula is C10H12O2. The van der Waals surface area contributed by atoms with Gasteiger partial charge in [-0.25, -0.2) is 4.79 Å². The summed E-state index contributed by atoms with van der Waals surface area (Å²) >= 11 is 0. The van der Waals surface area contributed by atoms with E-state index in [9.17, 15) is 4.79 Å². The highest BCUT2D eigenvalue weighted by molar-refractivity contribution is 5.89. The van der Waals surface area contributed by atoms with Gasteiger partial charge in [-0.05, 0) is 17.5 Å². The van der Waals surface area contributed by atoms with Crippen molar-refractivity contribution in [1.82, 2.24) is 0 Å². The van der Waals surface area contributed by atoms with Crippen molar-refractivity contribution >= 4 is 5.97 Å². The van der Waals surface area contributed by atoms with Crippen LogP contribution >= 0.6 is 0 Å². The summed E-state index contributed by atoms with van der Waals surface area (Å²) in [4.78, 5) is 11.1. The predicted octanol–water partition coefficient (Wildman–Crippen LogP) is 2.51. The van der Waals surface area contributed by atoms with Crippen LogP contribution in [-0.2, 0) is 0 Å². The van der Waals surface area contributed by atoms with Gasteiger partial charge in [0, 0.05) is 0 Å². The molecule has 1 aromatic rings. The third kappa shape index (κ3) is 1.64. The average molecular weight is 166 g/mol. The highest BCUT2D eigenvalue weighted by Gasteiger charge is 2.10. The summed E-state index contributed by atoms with van der Waals surface area (Å²) in [6.45, 7) is 3.99. The molecule has 0 aliphatic rings. The molecule has 0 saturated carbocycles. The fraction of sp³-hybridized carbons (Fsp3) is 0.300. The minimum absolute atomic E-state index is 0.260. The van der Waals surface area contributed by atoms with Crippen LogP contribution in [0.15, 0.2) is 24.3 Å². The summed E-state index contributed by atoms with van der Waals surface area (Å²) in [6.07, 6.45) is 0. The molecule has 0 radical (unpaired) electrons. The molecule has 0 amide bonds. The SMILES string of the molecule is [3H]OC(=O)c1ccccc1C(C)C. The smallest absolute Gasteiger partial charge is 0.335 e. The Hall–Kier alpha value is -1.31. The topological polar surface area (TPSA) is 37.3 Å². The maximum Gasteiger partial charge on any atom is 0.335 e. The number of carboxylic acid groups (broad SMARTS) is 1. The third-order valence-corrected chi connectivity index (χ3v) is 1.80. The molecule has 1 N–H and O–H groups in total. The van der Waals surface area contributed by atoms with Gasteiger partial charge >= 0.3 is 5.97 Å². The Balaban J connectivity index is 3.12. The zero-order valence-electron chi connectivity index (χ0n) is 8.20. The lowest BCUT2D eigenvalue weighted by atomic mass is 9.97. The second kappa shape index (κ2) is 3.39. The quantitative estimate of drug-likeness (QED) is 0.732. The van der Waals surface area contributed by atoms with Gasteiger partial charge < -0.3 is 5.11 Å². The second-order valence-corrected chi connectivity index (χ2v) is 3.03. The first-order valence-electron chi connectivity index (χ1n) is 4.34. The molecule has 0 atom stereocenters. The van der Waals surface area contributed by atoms with Crippen LogP contribution in [0.5, 0.6) is 0 Å². The molecule has 0 aliphatic heterocycles. The molecule has 0 aromatic heterocycles. The van der Waals surface area contributed by atoms with Gasteiger partial charge in [0.15, 0.2) is 0 Å². The Bertz CT molecular complexity index is 308. The lowest BCUT2D eigenvalue weighted by Gasteiger charge is -2.07. The summed E-state index contributed by atoms with van der Waals surface area (Å²) in [5.41, 5.74) is 1.40. The molecule has 0 saturated heterocycles. The van der Waals surface area contributed by atoms with Gasteiger partial charge in [-0.1, -0.05) is 32.0 Å². The molecule has 12 heavy (non-hydrogen) atoms. The van der Waals surface area contributed by atoms with E-state index in [0.717, 1.165) is 5.56 Å². The highest BCUT2D eigenvalue weighted by atomic mass is 16.4. The van der Waals surface area contributed by atoms with E-state index in [4.69, 9.17) is 1.43 Å². The predicted molar refractivity (Wildman–Crippen MR) is 47.5 cm³/mol. The number of aromatic carboxylic acids is 1. The number of hydrogen-bond donors (Lipinski definition) is 1. The number of carboxylic acids is 1. The monoisotopic (exact) mass is 166 g/mol. The van der Waals surface area contributed by atoms with Crippen molar-refractivity contribution in [2.75, 3.05) is 0 Å². The summed E-state index contributed by atoms with van der Waals surface area (Å²) in [5, 5.41) is 3.94. The van der Waals surface area contributed by atoms with Crippen LogP contribution in [0, 0.1) is 0 Å². The van der Waals surface area contributed by atoms with Crippen molar-refractivity contribution < 1.29 is 9.90 Å². The Morgan fingerprint density at radius 1 is 1.50 bits per heavy atom. The van der Waals surface area contributed by atoms with Crippen molar-refractivity contribution in [1.29, 1.82) is 1.43 Å². The van der Waals surface area contributed by atoms with Crippen molar-refractivity contribution in [3.8, 4) is 0 Å². The van der Waals surface area contributed by atoms with Crippen molar-refractivity contribution in [3.63, 3.8) is 0 Å². The molecule has 0 bridgehead atoms. The van der Waals surface area contributed by atoms with Crippen molar-refractivity contribution in [2.24, 2.45) is 0 Å². The molecule has 0 fully saturated rings. The largest absolute Gasteiger partial charge is 0.478 e. The fourth-order valence-electron chi connectivity index (χ4n) is 1.19. The van der Waals surface area contributed by atoms with E-state index in [2.05, 4.69) is 5.11 Å². The van der Waals surface area contributed by atoms with Crippen LogP contribution < -0.4 is 0 Å². The first kappa shape index (κ1) is 7.35. The van der Waals surface area contributed by atoms with E-state index in [1.807, 2.05) is 26.0 Å². The van der Waals surface area contributed by atoms with Gasteiger partial charge in [0.05, 0.1) is 5.56 Å². The van der Waals surface area contributed by atoms with Crippen LogP contribution in [0.4, 0.5) is 0 Å². The minimum atomic E-state index is -0.593. The van der Waals surface area contributed by atoms with Crippen LogP contribution in [0.1, 0.15) is 35.7 Å². The molecule has 0 heterocycles. The standard InChI is InChI=1S/C10H12O2/c1-7(2)8-5-3-4-6-9(8)10(11)12/h3-7H,1-2H3,(H,11,12)/i/hT. The maximum absolute atomic E-state index is 11.1. The minimum Gasteiger partial charge on any atom is -0.478 e. The van der Waals surface area contributed by atoms with Crippen LogP contribution in [0.3, 0.4) is 0 Å². The molecule has 0 aliphatic carbocycles. The van der Waals surface area contributed by atoms with E-state index in [1.54, 1.807) is 12.1 Å². The zero-order chi connectivity index (χ0) is 9.84. The highest BCUT2D eigenvalue weighted by Crippen LogP contribution is 2.18. The fourth-order valence-corrected chi connectivity index (χ4v) is 1.19. The number of rotatable bonds is 2. The molecular weight excluding hydrogens is 152 g/mol. The Morgan fingerprint density at radius 3 is 2.75 bits per heavy atom. The molecule has 1 aromatic carbocycles. The van der Waals surface area contributed by atoms with Gasteiger partial charge in [0.25, 0.3) is 1.43 Å². The van der Waals surface area contributed by atoms with Crippen molar-refractivity contribution in [2.45, 2.75) is 19.8 Å². The molecule has 2 nitrogen and oxygen atoms in total. The Kier molecular flexibility index (Phi) is 2.08. The van der Waals surface area contributed by atoms with Crippen LogP contribution in [0.25, 0.3) is 1.43 Å². The van der Waals surface area contributed by atoms with Gasteiger partial charge in [-0.15, -0.1) is 0 Å². The molecule has 1 rings (SSSR count). The summed E-state index contributed by atoms with van der Waals surface area (Å²) in [7, 11) is 0. The molecule has 0 unspecified atom stereocenters. The number of carbonyl (C=O) groups is 1. The lowest BCUT2D eigenvalue weighted by Crippen LogP contribution is -2.02. The zero-order valence-corrected chi connectivity index (χ0v) is 7.20. The van der Waals surface area contributed by atoms with Crippen molar-refractivity contribution in [3.05, 3.63) is 35.4 Å². The van der Waals surface area contributed by atoms with E-state index >= 15 is 0 Å². The second-order valence-electron chi connectivity index (χ2n) is 3.03. The van der Waals surface area contributed by atoms with E-state index < -0.39 is 5.97 Å². The van der Waals surface area contributed by atoms with E-state index in [-0.39, 0.29) is 5.92 Å². The summed E-state index contributed by atoms with van der Waals surface area (Å²) < 4.78 is 6.53. The first-order valence-corrected chi connectivity index (χ1v) is 3.93. The third-order valence-electron chi connectivity index (χ3n) is 1.80. The maximum atomic E-state index is 11.1. The van der Waals surface area contributed by atoms with Crippen LogP contribution in [0.2, 0.25) is 0 Å². The van der Waals surface area contributed by atoms with Gasteiger partial charge in [-0.3, -0.25) is 0 Å². The Morgan fingerprint density at radius 2 is 2.17 bits per heavy atom. The lowest BCUT2D eigenvalue weighted by molar-refractivity contribution is 0.0695. The molecule has 0 spiro atoms. The average Bonchev–Trinajstić information content (AvgIpc) is 2.16. The van der Waals surface area contributed by atoms with Gasteiger partial charge in [0.2, 0.25) is 0 Å². The van der Waals surface area contributed by atoms with E-state index in [1.165, 1.54) is 0 Å². The first-order chi connectivity index (χ1) is 6.16. The number of benzene rings is 1. The Labute approximate surface area is 73.3 Å². The molecule has 64 valence electrons. The van der Waals surface area contributed by atoms with Gasteiger partial charge in [-0.2, -0.15) is 0 Å².